The van der Waals surface area contributed by atoms with Crippen molar-refractivity contribution in [1.82, 2.24) is 19.3 Å². The second-order valence-electron chi connectivity index (χ2n) is 4.28. The van der Waals surface area contributed by atoms with Crippen LogP contribution in [0.3, 0.4) is 0 Å². The first-order valence-electron chi connectivity index (χ1n) is 5.62. The Morgan fingerprint density at radius 2 is 2.00 bits per heavy atom. The summed E-state index contributed by atoms with van der Waals surface area (Å²) in [4.78, 5) is 4.34. The zero-order valence-electron chi connectivity index (χ0n) is 10.4. The summed E-state index contributed by atoms with van der Waals surface area (Å²) in [6, 6.07) is 5.24. The minimum Gasteiger partial charge on any atom is -0.369 e. The van der Waals surface area contributed by atoms with Gasteiger partial charge in [0.25, 0.3) is 0 Å². The number of halogens is 2. The highest BCUT2D eigenvalue weighted by molar-refractivity contribution is 6.35. The maximum atomic E-state index is 6.23. The van der Waals surface area contributed by atoms with Crippen molar-refractivity contribution in [3.63, 3.8) is 0 Å². The fourth-order valence-electron chi connectivity index (χ4n) is 2.19. The lowest BCUT2D eigenvalue weighted by molar-refractivity contribution is 0.762. The molecule has 0 saturated heterocycles. The number of rotatable bonds is 1. The largest absolute Gasteiger partial charge is 0.369 e. The Morgan fingerprint density at radius 1 is 1.26 bits per heavy atom. The van der Waals surface area contributed by atoms with E-state index in [9.17, 15) is 0 Å². The summed E-state index contributed by atoms with van der Waals surface area (Å²) in [5, 5.41) is 5.42. The monoisotopic (exact) mass is 295 g/mol. The van der Waals surface area contributed by atoms with E-state index in [2.05, 4.69) is 10.1 Å². The number of benzene rings is 1. The van der Waals surface area contributed by atoms with Gasteiger partial charge in [0.15, 0.2) is 5.65 Å². The van der Waals surface area contributed by atoms with Gasteiger partial charge in [-0.25, -0.2) is 9.67 Å². The van der Waals surface area contributed by atoms with E-state index in [4.69, 9.17) is 28.9 Å². The quantitative estimate of drug-likeness (QED) is 0.751. The summed E-state index contributed by atoms with van der Waals surface area (Å²) in [6.07, 6.45) is 0. The second kappa shape index (κ2) is 4.15. The molecule has 3 aromatic rings. The van der Waals surface area contributed by atoms with Crippen molar-refractivity contribution < 1.29 is 0 Å². The van der Waals surface area contributed by atoms with E-state index >= 15 is 0 Å². The van der Waals surface area contributed by atoms with Crippen molar-refractivity contribution in [3.8, 4) is 5.69 Å². The smallest absolute Gasteiger partial charge is 0.207 e. The molecule has 2 aromatic heterocycles. The van der Waals surface area contributed by atoms with Crippen molar-refractivity contribution >= 4 is 40.3 Å². The number of nitrogen functional groups attached to an aromatic ring is 1. The van der Waals surface area contributed by atoms with Gasteiger partial charge < -0.3 is 5.73 Å². The molecule has 0 fully saturated rings. The molecule has 0 saturated carbocycles. The van der Waals surface area contributed by atoms with Crippen LogP contribution in [-0.2, 0) is 7.05 Å². The molecule has 0 atom stereocenters. The molecule has 3 rings (SSSR count). The fraction of sp³-hybridized carbons (Fsp3) is 0.167. The average Bonchev–Trinajstić information content (AvgIpc) is 2.79. The molecule has 7 heteroatoms. The Hall–Kier alpha value is -1.72. The van der Waals surface area contributed by atoms with Gasteiger partial charge in [0, 0.05) is 12.1 Å². The third-order valence-electron chi connectivity index (χ3n) is 2.98. The SMILES string of the molecule is Cc1nn(C)c2c1nc(N)n2-c1ccc(Cl)cc1Cl. The molecule has 0 aliphatic heterocycles. The Kier molecular flexibility index (Phi) is 2.69. The first-order valence-corrected chi connectivity index (χ1v) is 6.37. The van der Waals surface area contributed by atoms with Gasteiger partial charge in [-0.15, -0.1) is 0 Å². The van der Waals surface area contributed by atoms with Crippen molar-refractivity contribution in [2.75, 3.05) is 5.73 Å². The lowest BCUT2D eigenvalue weighted by atomic mass is 10.3. The number of imidazole rings is 1. The van der Waals surface area contributed by atoms with Gasteiger partial charge in [-0.3, -0.25) is 4.57 Å². The number of nitrogens with two attached hydrogens (primary N) is 1. The molecule has 2 N–H and O–H groups in total. The average molecular weight is 296 g/mol. The highest BCUT2D eigenvalue weighted by atomic mass is 35.5. The first kappa shape index (κ1) is 12.3. The summed E-state index contributed by atoms with van der Waals surface area (Å²) in [5.74, 6) is 0.371. The van der Waals surface area contributed by atoms with Crippen LogP contribution in [0, 0.1) is 6.92 Å². The van der Waals surface area contributed by atoms with Crippen LogP contribution in [0.15, 0.2) is 18.2 Å². The lowest BCUT2D eigenvalue weighted by Crippen LogP contribution is -2.05. The van der Waals surface area contributed by atoms with Gasteiger partial charge in [-0.1, -0.05) is 23.2 Å². The zero-order valence-corrected chi connectivity index (χ0v) is 11.9. The maximum Gasteiger partial charge on any atom is 0.207 e. The molecule has 0 aliphatic rings. The topological polar surface area (TPSA) is 61.7 Å². The summed E-state index contributed by atoms with van der Waals surface area (Å²) in [6.45, 7) is 1.89. The van der Waals surface area contributed by atoms with Crippen LogP contribution in [0.1, 0.15) is 5.69 Å². The summed E-state index contributed by atoms with van der Waals surface area (Å²) >= 11 is 12.1. The number of aromatic nitrogens is 4. The Morgan fingerprint density at radius 3 is 2.68 bits per heavy atom. The van der Waals surface area contributed by atoms with Crippen LogP contribution in [0.5, 0.6) is 0 Å². The van der Waals surface area contributed by atoms with E-state index < -0.39 is 0 Å². The number of anilines is 1. The Bertz CT molecular complexity index is 787. The molecule has 1 aromatic carbocycles. The molecule has 0 bridgehead atoms. The third kappa shape index (κ3) is 1.77. The Balaban J connectivity index is 2.38. The highest BCUT2D eigenvalue weighted by Crippen LogP contribution is 2.30. The summed E-state index contributed by atoms with van der Waals surface area (Å²) in [7, 11) is 1.84. The molecule has 0 amide bonds. The van der Waals surface area contributed by atoms with E-state index in [-0.39, 0.29) is 0 Å². The van der Waals surface area contributed by atoms with Crippen molar-refractivity contribution in [2.24, 2.45) is 7.05 Å². The fourth-order valence-corrected chi connectivity index (χ4v) is 2.68. The molecular formula is C12H11Cl2N5. The maximum absolute atomic E-state index is 6.23. The molecule has 0 aliphatic carbocycles. The molecule has 0 spiro atoms. The minimum absolute atomic E-state index is 0.371. The number of aryl methyl sites for hydroxylation is 2. The normalized spacial score (nSPS) is 11.4. The van der Waals surface area contributed by atoms with Crippen LogP contribution < -0.4 is 5.73 Å². The van der Waals surface area contributed by atoms with Crippen molar-refractivity contribution in [2.45, 2.75) is 6.92 Å². The molecule has 5 nitrogen and oxygen atoms in total. The predicted molar refractivity (Wildman–Crippen MR) is 77.0 cm³/mol. The van der Waals surface area contributed by atoms with E-state index in [1.807, 2.05) is 20.0 Å². The van der Waals surface area contributed by atoms with Gasteiger partial charge in [-0.2, -0.15) is 5.10 Å². The number of hydrogen-bond acceptors (Lipinski definition) is 3. The minimum atomic E-state index is 0.371. The van der Waals surface area contributed by atoms with Crippen LogP contribution in [0.25, 0.3) is 16.9 Å². The molecule has 0 radical (unpaired) electrons. The van der Waals surface area contributed by atoms with Crippen LogP contribution in [-0.4, -0.2) is 19.3 Å². The number of fused-ring (bicyclic) bond motifs is 1. The lowest BCUT2D eigenvalue weighted by Gasteiger charge is -2.09. The van der Waals surface area contributed by atoms with Crippen LogP contribution >= 0.6 is 23.2 Å². The van der Waals surface area contributed by atoms with Crippen molar-refractivity contribution in [3.05, 3.63) is 33.9 Å². The molecule has 0 unspecified atom stereocenters. The number of nitrogens with zero attached hydrogens (tertiary/aromatic N) is 4. The van der Waals surface area contributed by atoms with Gasteiger partial charge in [0.1, 0.15) is 5.52 Å². The van der Waals surface area contributed by atoms with Crippen LogP contribution in [0.4, 0.5) is 5.95 Å². The summed E-state index contributed by atoms with van der Waals surface area (Å²) in [5.41, 5.74) is 9.13. The predicted octanol–water partition coefficient (Wildman–Crippen LogP) is 2.96. The van der Waals surface area contributed by atoms with Gasteiger partial charge in [-0.05, 0) is 25.1 Å². The number of hydrogen-bond donors (Lipinski definition) is 1. The van der Waals surface area contributed by atoms with Crippen molar-refractivity contribution in [1.29, 1.82) is 0 Å². The third-order valence-corrected chi connectivity index (χ3v) is 3.52. The second-order valence-corrected chi connectivity index (χ2v) is 5.13. The van der Waals surface area contributed by atoms with E-state index in [1.54, 1.807) is 21.4 Å². The van der Waals surface area contributed by atoms with Gasteiger partial charge in [0.2, 0.25) is 5.95 Å². The van der Waals surface area contributed by atoms with Crippen LogP contribution in [0.2, 0.25) is 10.0 Å². The Labute approximate surface area is 119 Å². The van der Waals surface area contributed by atoms with Gasteiger partial charge in [0.05, 0.1) is 16.4 Å². The van der Waals surface area contributed by atoms with E-state index in [0.29, 0.717) is 16.0 Å². The van der Waals surface area contributed by atoms with E-state index in [1.165, 1.54) is 0 Å². The molecule has 98 valence electrons. The molecule has 19 heavy (non-hydrogen) atoms. The highest BCUT2D eigenvalue weighted by Gasteiger charge is 2.18. The first-order chi connectivity index (χ1) is 8.99. The zero-order chi connectivity index (χ0) is 13.7. The van der Waals surface area contributed by atoms with E-state index in [0.717, 1.165) is 22.5 Å². The van der Waals surface area contributed by atoms with Gasteiger partial charge >= 0.3 is 0 Å². The molecular weight excluding hydrogens is 285 g/mol. The standard InChI is InChI=1S/C12H11Cl2N5/c1-6-10-11(18(2)17-6)19(12(15)16-10)9-4-3-7(13)5-8(9)14/h3-5H,1-2H3,(H2,15,16). The molecule has 2 heterocycles. The summed E-state index contributed by atoms with van der Waals surface area (Å²) < 4.78 is 3.51.